The monoisotopic (exact) mass is 568 g/mol. The first-order valence-corrected chi connectivity index (χ1v) is 12.3. The number of nitrogens with one attached hydrogen (secondary N) is 1. The molecule has 4 rings (SSSR count). The molecule has 1 aliphatic rings. The van der Waals surface area contributed by atoms with E-state index in [0.29, 0.717) is 41.3 Å². The van der Waals surface area contributed by atoms with Gasteiger partial charge in [0.2, 0.25) is 0 Å². The Hall–Kier alpha value is -2.19. The molecule has 0 bridgehead atoms. The number of morpholine rings is 1. The number of ether oxygens (including phenoxy) is 3. The molecule has 1 aliphatic heterocycles. The zero-order valence-corrected chi connectivity index (χ0v) is 21.6. The molecule has 0 atom stereocenters. The highest BCUT2D eigenvalue weighted by Crippen LogP contribution is 2.38. The molecule has 1 fully saturated rings. The zero-order valence-electron chi connectivity index (χ0n) is 18.5. The molecule has 9 heteroatoms. The van der Waals surface area contributed by atoms with Crippen molar-refractivity contribution in [2.75, 3.05) is 43.6 Å². The van der Waals surface area contributed by atoms with Crippen LogP contribution in [0.2, 0.25) is 10.0 Å². The number of hydrogen-bond acceptors (Lipinski definition) is 5. The third-order valence-corrected chi connectivity index (χ3v) is 6.98. The molecule has 3 aromatic rings. The summed E-state index contributed by atoms with van der Waals surface area (Å²) < 4.78 is 32.0. The summed E-state index contributed by atoms with van der Waals surface area (Å²) >= 11 is 16.3. The SMILES string of the molecule is COc1ccc(Br)c(CNc2ccc(N3CCOCC3)c(Cl)c2)c1OCc1c(F)cccc1Cl. The average molecular weight is 570 g/mol. The summed E-state index contributed by atoms with van der Waals surface area (Å²) in [6.07, 6.45) is 0. The van der Waals surface area contributed by atoms with Crippen LogP contribution < -0.4 is 19.7 Å². The minimum Gasteiger partial charge on any atom is -0.493 e. The van der Waals surface area contributed by atoms with Gasteiger partial charge in [-0.05, 0) is 42.5 Å². The van der Waals surface area contributed by atoms with Crippen molar-refractivity contribution in [2.45, 2.75) is 13.2 Å². The Bertz CT molecular complexity index is 1140. The van der Waals surface area contributed by atoms with Crippen molar-refractivity contribution in [3.8, 4) is 11.5 Å². The third-order valence-electron chi connectivity index (χ3n) is 5.58. The maximum absolute atomic E-state index is 14.2. The molecule has 0 unspecified atom stereocenters. The summed E-state index contributed by atoms with van der Waals surface area (Å²) in [5, 5.41) is 4.37. The molecule has 3 aromatic carbocycles. The molecule has 0 aliphatic carbocycles. The summed E-state index contributed by atoms with van der Waals surface area (Å²) in [4.78, 5) is 2.22. The van der Waals surface area contributed by atoms with Crippen LogP contribution in [0.5, 0.6) is 11.5 Å². The molecule has 1 heterocycles. The van der Waals surface area contributed by atoms with Crippen molar-refractivity contribution in [3.05, 3.63) is 80.0 Å². The molecule has 1 saturated heterocycles. The van der Waals surface area contributed by atoms with E-state index < -0.39 is 5.82 Å². The van der Waals surface area contributed by atoms with Crippen molar-refractivity contribution in [2.24, 2.45) is 0 Å². The smallest absolute Gasteiger partial charge is 0.167 e. The van der Waals surface area contributed by atoms with Gasteiger partial charge in [0.1, 0.15) is 12.4 Å². The van der Waals surface area contributed by atoms with E-state index in [0.717, 1.165) is 34.5 Å². The Labute approximate surface area is 216 Å². The highest BCUT2D eigenvalue weighted by atomic mass is 79.9. The predicted octanol–water partition coefficient (Wildman–Crippen LogP) is 6.93. The van der Waals surface area contributed by atoms with Crippen LogP contribution in [0.1, 0.15) is 11.1 Å². The topological polar surface area (TPSA) is 43.0 Å². The van der Waals surface area contributed by atoms with Gasteiger partial charge in [-0.2, -0.15) is 0 Å². The molecule has 0 saturated carbocycles. The lowest BCUT2D eigenvalue weighted by Crippen LogP contribution is -2.36. The van der Waals surface area contributed by atoms with E-state index in [1.165, 1.54) is 6.07 Å². The summed E-state index contributed by atoms with van der Waals surface area (Å²) in [6, 6.07) is 14.1. The van der Waals surface area contributed by atoms with Crippen LogP contribution in [-0.2, 0) is 17.9 Å². The van der Waals surface area contributed by atoms with Crippen LogP contribution in [0, 0.1) is 5.82 Å². The average Bonchev–Trinajstić information content (AvgIpc) is 2.84. The lowest BCUT2D eigenvalue weighted by molar-refractivity contribution is 0.122. The molecule has 0 amide bonds. The number of methoxy groups -OCH3 is 1. The Morgan fingerprint density at radius 2 is 1.85 bits per heavy atom. The molecule has 34 heavy (non-hydrogen) atoms. The summed E-state index contributed by atoms with van der Waals surface area (Å²) in [7, 11) is 1.56. The number of benzene rings is 3. The van der Waals surface area contributed by atoms with Crippen LogP contribution in [0.25, 0.3) is 0 Å². The van der Waals surface area contributed by atoms with Gasteiger partial charge in [0.25, 0.3) is 0 Å². The minimum atomic E-state index is -0.420. The van der Waals surface area contributed by atoms with Gasteiger partial charge in [-0.25, -0.2) is 4.39 Å². The van der Waals surface area contributed by atoms with Crippen LogP contribution in [0.3, 0.4) is 0 Å². The molecule has 5 nitrogen and oxygen atoms in total. The number of halogens is 4. The van der Waals surface area contributed by atoms with Crippen molar-refractivity contribution >= 4 is 50.5 Å². The van der Waals surface area contributed by atoms with E-state index in [4.69, 9.17) is 37.4 Å². The molecule has 0 aromatic heterocycles. The summed E-state index contributed by atoms with van der Waals surface area (Å²) in [6.45, 7) is 3.41. The fraction of sp³-hybridized carbons (Fsp3) is 0.280. The Balaban J connectivity index is 1.53. The Morgan fingerprint density at radius 3 is 2.56 bits per heavy atom. The first-order valence-electron chi connectivity index (χ1n) is 10.7. The number of rotatable bonds is 8. The van der Waals surface area contributed by atoms with E-state index in [1.807, 2.05) is 24.3 Å². The number of hydrogen-bond donors (Lipinski definition) is 1. The standard InChI is InChI=1S/C25H24BrCl2FN2O3/c1-32-24-8-6-19(26)17(25(24)34-15-18-20(27)3-2-4-22(18)29)14-30-16-5-7-23(21(28)13-16)31-9-11-33-12-10-31/h2-8,13,30H,9-12,14-15H2,1H3. The first-order chi connectivity index (χ1) is 16.5. The molecular weight excluding hydrogens is 546 g/mol. The van der Waals surface area contributed by atoms with Gasteiger partial charge in [-0.1, -0.05) is 45.2 Å². The minimum absolute atomic E-state index is 0.0363. The lowest BCUT2D eigenvalue weighted by atomic mass is 10.1. The van der Waals surface area contributed by atoms with Crippen LogP contribution in [0.4, 0.5) is 15.8 Å². The Morgan fingerprint density at radius 1 is 1.06 bits per heavy atom. The second kappa shape index (κ2) is 11.5. The second-order valence-electron chi connectivity index (χ2n) is 7.67. The number of anilines is 2. The van der Waals surface area contributed by atoms with Crippen molar-refractivity contribution in [1.82, 2.24) is 0 Å². The van der Waals surface area contributed by atoms with Crippen molar-refractivity contribution < 1.29 is 18.6 Å². The fourth-order valence-electron chi connectivity index (χ4n) is 3.75. The summed E-state index contributed by atoms with van der Waals surface area (Å²) in [5.74, 6) is 0.615. The third kappa shape index (κ3) is 5.71. The molecular formula is C25H24BrCl2FN2O3. The van der Waals surface area contributed by atoms with Crippen LogP contribution in [0.15, 0.2) is 53.0 Å². The molecule has 180 valence electrons. The van der Waals surface area contributed by atoms with Crippen molar-refractivity contribution in [1.29, 1.82) is 0 Å². The van der Waals surface area contributed by atoms with Crippen molar-refractivity contribution in [3.63, 3.8) is 0 Å². The molecule has 1 N–H and O–H groups in total. The van der Waals surface area contributed by atoms with Gasteiger partial charge in [0.15, 0.2) is 11.5 Å². The van der Waals surface area contributed by atoms with Crippen LogP contribution >= 0.6 is 39.1 Å². The Kier molecular flexibility index (Phi) is 8.42. The quantitative estimate of drug-likeness (QED) is 0.318. The highest BCUT2D eigenvalue weighted by Gasteiger charge is 2.18. The zero-order chi connectivity index (χ0) is 24.1. The lowest BCUT2D eigenvalue weighted by Gasteiger charge is -2.29. The normalized spacial score (nSPS) is 13.6. The first kappa shape index (κ1) is 24.9. The van der Waals surface area contributed by atoms with E-state index in [-0.39, 0.29) is 12.2 Å². The number of nitrogens with zero attached hydrogens (tertiary/aromatic N) is 1. The molecule has 0 radical (unpaired) electrons. The van der Waals surface area contributed by atoms with Gasteiger partial charge in [0, 0.05) is 40.9 Å². The van der Waals surface area contributed by atoms with Crippen LogP contribution in [-0.4, -0.2) is 33.4 Å². The van der Waals surface area contributed by atoms with Gasteiger partial charge < -0.3 is 24.4 Å². The summed E-state index contributed by atoms with van der Waals surface area (Å²) in [5.41, 5.74) is 2.96. The maximum Gasteiger partial charge on any atom is 0.167 e. The van der Waals surface area contributed by atoms with Gasteiger partial charge in [0.05, 0.1) is 36.1 Å². The second-order valence-corrected chi connectivity index (χ2v) is 9.33. The van der Waals surface area contributed by atoms with E-state index in [2.05, 4.69) is 26.1 Å². The van der Waals surface area contributed by atoms with E-state index in [1.54, 1.807) is 25.3 Å². The molecule has 0 spiro atoms. The van der Waals surface area contributed by atoms with E-state index in [9.17, 15) is 4.39 Å². The fourth-order valence-corrected chi connectivity index (χ4v) is 4.72. The maximum atomic E-state index is 14.2. The van der Waals surface area contributed by atoms with Gasteiger partial charge >= 0.3 is 0 Å². The largest absolute Gasteiger partial charge is 0.493 e. The predicted molar refractivity (Wildman–Crippen MR) is 138 cm³/mol. The van der Waals surface area contributed by atoms with E-state index >= 15 is 0 Å². The van der Waals surface area contributed by atoms with Gasteiger partial charge in [-0.3, -0.25) is 0 Å². The van der Waals surface area contributed by atoms with Gasteiger partial charge in [-0.15, -0.1) is 0 Å². The highest BCUT2D eigenvalue weighted by molar-refractivity contribution is 9.10.